The number of allylic oxidation sites excluding steroid dienone is 2. The van der Waals surface area contributed by atoms with Crippen molar-refractivity contribution in [2.45, 2.75) is 6.54 Å². The van der Waals surface area contributed by atoms with Gasteiger partial charge in [-0.15, -0.1) is 0 Å². The van der Waals surface area contributed by atoms with Crippen LogP contribution in [0.15, 0.2) is 103 Å². The monoisotopic (exact) mass is 601 g/mol. The highest BCUT2D eigenvalue weighted by molar-refractivity contribution is 7.19. The molecule has 0 unspecified atom stereocenters. The molecule has 0 atom stereocenters. The van der Waals surface area contributed by atoms with Gasteiger partial charge in [0, 0.05) is 50.4 Å². The number of piperazine rings is 1. The lowest BCUT2D eigenvalue weighted by atomic mass is 9.97. The van der Waals surface area contributed by atoms with E-state index in [9.17, 15) is 0 Å². The van der Waals surface area contributed by atoms with E-state index in [1.807, 2.05) is 18.2 Å². The molecule has 7 heteroatoms. The highest BCUT2D eigenvalue weighted by Crippen LogP contribution is 2.42. The van der Waals surface area contributed by atoms with Gasteiger partial charge in [0.05, 0.1) is 25.5 Å². The van der Waals surface area contributed by atoms with Crippen LogP contribution in [-0.2, 0) is 13.6 Å². The minimum absolute atomic E-state index is 0.802. The van der Waals surface area contributed by atoms with Crippen LogP contribution in [0.2, 0.25) is 0 Å². The number of hydrogen-bond acceptors (Lipinski definition) is 6. The van der Waals surface area contributed by atoms with Crippen molar-refractivity contribution in [2.75, 3.05) is 45.3 Å². The van der Waals surface area contributed by atoms with Crippen molar-refractivity contribution in [1.82, 2.24) is 10.2 Å². The molecule has 0 amide bonds. The summed E-state index contributed by atoms with van der Waals surface area (Å²) in [4.78, 5) is 5.02. The maximum absolute atomic E-state index is 5.71. The standard InChI is InChI=1S/C37H37N4O2S/c1-39-31-17-16-27(37-32(42-2)14-9-15-33(37)43-3)22-34(31)44-36(39)24-28-23-35(40-20-18-38-19-21-40)41(25-26-10-5-4-6-11-26)30-13-8-7-12-29(28)30/h4-17,22-24,38H,18-21,25H2,1-3H3/q+1. The average Bonchev–Trinajstić information content (AvgIpc) is 3.39. The fraction of sp³-hybridized carbons (Fsp3) is 0.216. The summed E-state index contributed by atoms with van der Waals surface area (Å²) in [7, 11) is 5.57. The lowest BCUT2D eigenvalue weighted by Gasteiger charge is -2.41. The molecule has 2 aliphatic heterocycles. The predicted octanol–water partition coefficient (Wildman–Crippen LogP) is 6.72. The first-order chi connectivity index (χ1) is 21.6. The molecule has 1 N–H and O–H groups in total. The molecule has 0 aliphatic carbocycles. The van der Waals surface area contributed by atoms with Crippen LogP contribution in [0.5, 0.6) is 11.5 Å². The number of nitrogens with zero attached hydrogens (tertiary/aromatic N) is 3. The van der Waals surface area contributed by atoms with Crippen LogP contribution in [0.1, 0.15) is 16.1 Å². The number of aryl methyl sites for hydroxylation is 1. The Balaban J connectivity index is 1.34. The number of para-hydroxylation sites is 1. The minimum Gasteiger partial charge on any atom is -0.496 e. The molecule has 0 radical (unpaired) electrons. The number of aromatic nitrogens is 1. The number of nitrogens with one attached hydrogen (secondary N) is 1. The molecule has 44 heavy (non-hydrogen) atoms. The third kappa shape index (κ3) is 5.23. The molecule has 3 heterocycles. The number of thiazole rings is 1. The molecular formula is C37H37N4O2S+. The highest BCUT2D eigenvalue weighted by Gasteiger charge is 2.28. The maximum Gasteiger partial charge on any atom is 0.263 e. The first-order valence-corrected chi connectivity index (χ1v) is 15.9. The second-order valence-electron chi connectivity index (χ2n) is 11.1. The van der Waals surface area contributed by atoms with Crippen LogP contribution in [0.4, 0.5) is 5.69 Å². The van der Waals surface area contributed by atoms with Crippen molar-refractivity contribution < 1.29 is 14.0 Å². The summed E-state index contributed by atoms with van der Waals surface area (Å²) in [5, 5.41) is 4.72. The molecule has 1 saturated heterocycles. The molecule has 6 nitrogen and oxygen atoms in total. The van der Waals surface area contributed by atoms with Crippen LogP contribution >= 0.6 is 11.3 Å². The van der Waals surface area contributed by atoms with Gasteiger partial charge in [-0.3, -0.25) is 0 Å². The van der Waals surface area contributed by atoms with E-state index < -0.39 is 0 Å². The maximum atomic E-state index is 5.71. The molecule has 1 fully saturated rings. The second-order valence-corrected chi connectivity index (χ2v) is 12.2. The molecule has 0 saturated carbocycles. The number of methoxy groups -OCH3 is 2. The average molecular weight is 602 g/mol. The molecule has 222 valence electrons. The first-order valence-electron chi connectivity index (χ1n) is 15.1. The number of benzene rings is 4. The zero-order valence-electron chi connectivity index (χ0n) is 25.4. The van der Waals surface area contributed by atoms with Gasteiger partial charge < -0.3 is 24.6 Å². The van der Waals surface area contributed by atoms with Crippen LogP contribution in [-0.4, -0.2) is 45.3 Å². The van der Waals surface area contributed by atoms with Crippen molar-refractivity contribution in [3.63, 3.8) is 0 Å². The summed E-state index contributed by atoms with van der Waals surface area (Å²) in [5.74, 6) is 2.86. The Morgan fingerprint density at radius 3 is 2.34 bits per heavy atom. The van der Waals surface area contributed by atoms with Crippen LogP contribution in [0.25, 0.3) is 33.0 Å². The number of anilines is 1. The summed E-state index contributed by atoms with van der Waals surface area (Å²) in [6.45, 7) is 4.77. The van der Waals surface area contributed by atoms with Gasteiger partial charge in [0.25, 0.3) is 5.01 Å². The fourth-order valence-electron chi connectivity index (χ4n) is 6.30. The zero-order chi connectivity index (χ0) is 30.0. The second kappa shape index (κ2) is 12.2. The molecular weight excluding hydrogens is 565 g/mol. The van der Waals surface area contributed by atoms with Gasteiger partial charge in [0.1, 0.15) is 29.1 Å². The van der Waals surface area contributed by atoms with Gasteiger partial charge >= 0.3 is 0 Å². The van der Waals surface area contributed by atoms with Crippen LogP contribution in [0.3, 0.4) is 0 Å². The van der Waals surface area contributed by atoms with Gasteiger partial charge in [-0.1, -0.05) is 65.9 Å². The molecule has 0 bridgehead atoms. The molecule has 5 aromatic rings. The molecule has 2 aliphatic rings. The normalized spacial score (nSPS) is 15.8. The van der Waals surface area contributed by atoms with E-state index in [1.54, 1.807) is 25.6 Å². The predicted molar refractivity (Wildman–Crippen MR) is 181 cm³/mol. The number of rotatable bonds is 7. The summed E-state index contributed by atoms with van der Waals surface area (Å²) in [6, 6.07) is 32.1. The van der Waals surface area contributed by atoms with E-state index in [1.165, 1.54) is 43.4 Å². The summed E-state index contributed by atoms with van der Waals surface area (Å²) in [6.07, 6.45) is 4.75. The third-order valence-corrected chi connectivity index (χ3v) is 9.70. The largest absolute Gasteiger partial charge is 0.496 e. The van der Waals surface area contributed by atoms with E-state index in [4.69, 9.17) is 9.47 Å². The van der Waals surface area contributed by atoms with Crippen molar-refractivity contribution in [3.05, 3.63) is 119 Å². The quantitative estimate of drug-likeness (QED) is 0.210. The van der Waals surface area contributed by atoms with Crippen LogP contribution in [0, 0.1) is 0 Å². The molecule has 4 aromatic carbocycles. The van der Waals surface area contributed by atoms with E-state index in [0.29, 0.717) is 0 Å². The van der Waals surface area contributed by atoms with E-state index in [-0.39, 0.29) is 0 Å². The topological polar surface area (TPSA) is 40.9 Å². The lowest BCUT2D eigenvalue weighted by Crippen LogP contribution is -2.47. The Morgan fingerprint density at radius 2 is 1.59 bits per heavy atom. The SMILES string of the molecule is COc1cccc(OC)c1-c1ccc2c(c1)sc(C=C1C=C(N3CCNCC3)N(Cc3ccccc3)c3ccccc31)[n+]2C. The molecule has 1 aromatic heterocycles. The van der Waals surface area contributed by atoms with E-state index in [2.05, 4.69) is 112 Å². The minimum atomic E-state index is 0.802. The first kappa shape index (κ1) is 28.2. The van der Waals surface area contributed by atoms with Crippen molar-refractivity contribution in [1.29, 1.82) is 0 Å². The molecule has 7 rings (SSSR count). The van der Waals surface area contributed by atoms with Gasteiger partial charge in [-0.05, 0) is 53.1 Å². The number of ether oxygens (including phenoxy) is 2. The van der Waals surface area contributed by atoms with Gasteiger partial charge in [0.2, 0.25) is 5.52 Å². The van der Waals surface area contributed by atoms with Crippen molar-refractivity contribution in [3.8, 4) is 22.6 Å². The van der Waals surface area contributed by atoms with E-state index >= 15 is 0 Å². The van der Waals surface area contributed by atoms with Gasteiger partial charge in [0.15, 0.2) is 0 Å². The Morgan fingerprint density at radius 1 is 0.864 bits per heavy atom. The summed E-state index contributed by atoms with van der Waals surface area (Å²) in [5.41, 5.74) is 8.26. The Bertz CT molecular complexity index is 1850. The third-order valence-electron chi connectivity index (χ3n) is 8.55. The highest BCUT2D eigenvalue weighted by atomic mass is 32.1. The zero-order valence-corrected chi connectivity index (χ0v) is 26.2. The molecule has 0 spiro atoms. The van der Waals surface area contributed by atoms with Crippen molar-refractivity contribution in [2.24, 2.45) is 7.05 Å². The smallest absolute Gasteiger partial charge is 0.263 e. The van der Waals surface area contributed by atoms with E-state index in [0.717, 1.165) is 55.3 Å². The number of hydrogen-bond donors (Lipinski definition) is 1. The summed E-state index contributed by atoms with van der Waals surface area (Å²) < 4.78 is 14.9. The number of fused-ring (bicyclic) bond motifs is 2. The van der Waals surface area contributed by atoms with Crippen LogP contribution < -0.4 is 24.3 Å². The van der Waals surface area contributed by atoms with Gasteiger partial charge in [-0.25, -0.2) is 0 Å². The Labute approximate surface area is 263 Å². The Kier molecular flexibility index (Phi) is 7.81. The van der Waals surface area contributed by atoms with Crippen molar-refractivity contribution >= 4 is 38.9 Å². The fourth-order valence-corrected chi connectivity index (χ4v) is 7.44. The van der Waals surface area contributed by atoms with Gasteiger partial charge in [-0.2, -0.15) is 4.57 Å². The summed E-state index contributed by atoms with van der Waals surface area (Å²) >= 11 is 1.81. The Hall–Kier alpha value is -4.59. The lowest BCUT2D eigenvalue weighted by molar-refractivity contribution is -0.642.